The van der Waals surface area contributed by atoms with E-state index in [4.69, 9.17) is 49.6 Å². The smallest absolute Gasteiger partial charge is 0.394 e. The third-order valence-electron chi connectivity index (χ3n) is 6.55. The normalized spacial score (nSPS) is 11.0. The van der Waals surface area contributed by atoms with Crippen LogP contribution in [0.15, 0.2) is 112 Å². The molecule has 3 N–H and O–H groups in total. The minimum absolute atomic E-state index is 0.511. The van der Waals surface area contributed by atoms with Crippen molar-refractivity contribution in [3.8, 4) is 22.9 Å². The average Bonchev–Trinajstić information content (AvgIpc) is 3.69. The van der Waals surface area contributed by atoms with Crippen molar-refractivity contribution < 1.29 is 26.4 Å². The molecule has 0 radical (unpaired) electrons. The van der Waals surface area contributed by atoms with E-state index in [9.17, 15) is 0 Å². The Kier molecular flexibility index (Phi) is 10.9. The van der Waals surface area contributed by atoms with Crippen molar-refractivity contribution >= 4 is 67.7 Å². The van der Waals surface area contributed by atoms with Gasteiger partial charge < -0.3 is 19.1 Å². The van der Waals surface area contributed by atoms with Crippen molar-refractivity contribution in [3.05, 3.63) is 119 Å². The maximum Gasteiger partial charge on any atom is 0.394 e. The van der Waals surface area contributed by atoms with Crippen LogP contribution in [-0.4, -0.2) is 51.6 Å². The molecular weight excluding hydrogens is 679 g/mol. The fourth-order valence-electron chi connectivity index (χ4n) is 4.40. The van der Waals surface area contributed by atoms with Crippen molar-refractivity contribution in [2.75, 3.05) is 24.3 Å². The second-order valence-corrected chi connectivity index (χ2v) is 11.9. The molecule has 15 heteroatoms. The molecule has 0 saturated heterocycles. The number of oxazole rings is 2. The Morgan fingerprint density at radius 2 is 1.23 bits per heavy atom. The summed E-state index contributed by atoms with van der Waals surface area (Å²) in [6, 6.07) is 32.7. The van der Waals surface area contributed by atoms with Crippen LogP contribution in [0.5, 0.6) is 0 Å². The first-order valence-corrected chi connectivity index (χ1v) is 16.3. The van der Waals surface area contributed by atoms with Gasteiger partial charge in [-0.3, -0.25) is 9.11 Å². The van der Waals surface area contributed by atoms with Crippen molar-refractivity contribution in [3.63, 3.8) is 0 Å². The lowest BCUT2D eigenvalue weighted by atomic mass is 10.2. The van der Waals surface area contributed by atoms with Crippen LogP contribution in [-0.2, 0) is 16.9 Å². The summed E-state index contributed by atoms with van der Waals surface area (Å²) >= 11 is 12.0. The Morgan fingerprint density at radius 3 is 1.75 bits per heavy atom. The Bertz CT molecular complexity index is 2260. The molecule has 246 valence electrons. The number of halogens is 2. The first-order chi connectivity index (χ1) is 22.9. The van der Waals surface area contributed by atoms with Crippen molar-refractivity contribution in [1.29, 1.82) is 0 Å². The third kappa shape index (κ3) is 9.50. The van der Waals surface area contributed by atoms with Gasteiger partial charge in [-0.2, -0.15) is 18.4 Å². The Morgan fingerprint density at radius 1 is 0.708 bits per heavy atom. The fraction of sp³-hybridized carbons (Fsp3) is 0.0909. The lowest BCUT2D eigenvalue weighted by molar-refractivity contribution is 0.381. The quantitative estimate of drug-likeness (QED) is 0.142. The predicted octanol–water partition coefficient (Wildman–Crippen LogP) is 8.11. The monoisotopic (exact) mass is 706 g/mol. The molecule has 48 heavy (non-hydrogen) atoms. The minimum atomic E-state index is -4.67. The number of fused-ring (bicyclic) bond motifs is 2. The zero-order valence-corrected chi connectivity index (χ0v) is 27.8. The molecule has 0 unspecified atom stereocenters. The van der Waals surface area contributed by atoms with Gasteiger partial charge in [0.05, 0.1) is 0 Å². The van der Waals surface area contributed by atoms with E-state index in [-0.39, 0.29) is 0 Å². The van der Waals surface area contributed by atoms with Crippen molar-refractivity contribution in [2.45, 2.75) is 6.54 Å². The molecule has 0 bridgehead atoms. The molecule has 0 aliphatic carbocycles. The molecular formula is C33H28Cl2N6O6S. The molecule has 0 fully saturated rings. The number of nitrogens with one attached hydrogen (secondary N) is 1. The van der Waals surface area contributed by atoms with Gasteiger partial charge >= 0.3 is 10.4 Å². The minimum Gasteiger partial charge on any atom is -0.418 e. The van der Waals surface area contributed by atoms with E-state index in [1.807, 2.05) is 105 Å². The van der Waals surface area contributed by atoms with E-state index >= 15 is 0 Å². The number of anilines is 2. The summed E-state index contributed by atoms with van der Waals surface area (Å²) in [6.45, 7) is 0.772. The number of nitrogens with zero attached hydrogens (tertiary/aromatic N) is 5. The fourth-order valence-corrected chi connectivity index (χ4v) is 4.79. The molecule has 0 aliphatic heterocycles. The second kappa shape index (κ2) is 15.2. The van der Waals surface area contributed by atoms with Crippen LogP contribution < -0.4 is 10.2 Å². The van der Waals surface area contributed by atoms with Crippen LogP contribution in [0.3, 0.4) is 0 Å². The van der Waals surface area contributed by atoms with Gasteiger partial charge in [0.25, 0.3) is 0 Å². The third-order valence-corrected chi connectivity index (χ3v) is 7.02. The summed E-state index contributed by atoms with van der Waals surface area (Å²) in [6.07, 6.45) is 0. The molecule has 7 aromatic rings. The summed E-state index contributed by atoms with van der Waals surface area (Å²) in [7, 11) is -0.849. The Hall–Kier alpha value is -5.05. The van der Waals surface area contributed by atoms with Gasteiger partial charge in [0, 0.05) is 41.8 Å². The molecule has 0 atom stereocenters. The highest BCUT2D eigenvalue weighted by Crippen LogP contribution is 2.28. The van der Waals surface area contributed by atoms with E-state index in [0.29, 0.717) is 33.3 Å². The number of hydrogen-bond donors (Lipinski definition) is 3. The van der Waals surface area contributed by atoms with Gasteiger partial charge in [-0.1, -0.05) is 65.7 Å². The summed E-state index contributed by atoms with van der Waals surface area (Å²) in [4.78, 5) is 19.9. The van der Waals surface area contributed by atoms with Crippen LogP contribution >= 0.6 is 23.2 Å². The maximum absolute atomic E-state index is 8.74. The van der Waals surface area contributed by atoms with Crippen LogP contribution in [0, 0.1) is 0 Å². The number of rotatable bonds is 6. The number of hydrogen-bond acceptors (Lipinski definition) is 10. The molecule has 0 amide bonds. The second-order valence-electron chi connectivity index (χ2n) is 10.1. The van der Waals surface area contributed by atoms with Crippen LogP contribution in [0.1, 0.15) is 5.56 Å². The van der Waals surface area contributed by atoms with Crippen molar-refractivity contribution in [1.82, 2.24) is 19.9 Å². The van der Waals surface area contributed by atoms with Gasteiger partial charge in [0.2, 0.25) is 23.2 Å². The molecule has 4 heterocycles. The van der Waals surface area contributed by atoms with E-state index in [0.717, 1.165) is 40.3 Å². The first kappa shape index (κ1) is 34.3. The molecule has 7 rings (SSSR count). The lowest BCUT2D eigenvalue weighted by Crippen LogP contribution is -2.17. The largest absolute Gasteiger partial charge is 0.418 e. The van der Waals surface area contributed by atoms with E-state index < -0.39 is 10.4 Å². The standard InChI is InChI=1S/C20H16ClN3O.C13H10ClN3O.H2O4S/c1-24(13-14-6-3-2-4-7-14)18-11-10-17-20(23-18)25-19(22-17)15-8-5-9-16(21)12-15;1-15-11-6-5-10-13(17-11)18-12(16-10)8-3-2-4-9(14)7-8;1-5(2,3)4/h2-12H,13H2,1H3;2-7H,1H3,(H,15,17);(H2,1,2,3,4). The highest BCUT2D eigenvalue weighted by molar-refractivity contribution is 7.79. The summed E-state index contributed by atoms with van der Waals surface area (Å²) in [5.41, 5.74) is 5.39. The van der Waals surface area contributed by atoms with E-state index in [1.165, 1.54) is 5.56 Å². The summed E-state index contributed by atoms with van der Waals surface area (Å²) in [5, 5.41) is 4.26. The van der Waals surface area contributed by atoms with Crippen LogP contribution in [0.25, 0.3) is 45.4 Å². The average molecular weight is 708 g/mol. The van der Waals surface area contributed by atoms with Gasteiger partial charge in [0.15, 0.2) is 0 Å². The van der Waals surface area contributed by atoms with Crippen LogP contribution in [0.2, 0.25) is 10.0 Å². The predicted molar refractivity (Wildman–Crippen MR) is 187 cm³/mol. The molecule has 0 spiro atoms. The zero-order chi connectivity index (χ0) is 34.3. The van der Waals surface area contributed by atoms with Crippen LogP contribution in [0.4, 0.5) is 11.6 Å². The van der Waals surface area contributed by atoms with Gasteiger partial charge in [-0.25, -0.2) is 9.97 Å². The number of benzene rings is 3. The van der Waals surface area contributed by atoms with Gasteiger partial charge in [-0.05, 0) is 66.2 Å². The van der Waals surface area contributed by atoms with Crippen molar-refractivity contribution in [2.24, 2.45) is 0 Å². The van der Waals surface area contributed by atoms with Gasteiger partial charge in [-0.15, -0.1) is 0 Å². The molecule has 0 aliphatic rings. The highest BCUT2D eigenvalue weighted by atomic mass is 35.5. The summed E-state index contributed by atoms with van der Waals surface area (Å²) in [5.74, 6) is 2.63. The topological polar surface area (TPSA) is 168 Å². The summed E-state index contributed by atoms with van der Waals surface area (Å²) < 4.78 is 43.1. The number of aromatic nitrogens is 4. The molecule has 3 aromatic carbocycles. The SMILES string of the molecule is CN(Cc1ccccc1)c1ccc2nc(-c3cccc(Cl)c3)oc2n1.CNc1ccc2nc(-c3cccc(Cl)c3)oc2n1.O=S(=O)(O)O. The maximum atomic E-state index is 8.74. The van der Waals surface area contributed by atoms with E-state index in [1.54, 1.807) is 0 Å². The zero-order valence-electron chi connectivity index (χ0n) is 25.4. The number of pyridine rings is 2. The first-order valence-electron chi connectivity index (χ1n) is 14.1. The molecule has 12 nitrogen and oxygen atoms in total. The lowest BCUT2D eigenvalue weighted by Gasteiger charge is -2.17. The molecule has 0 saturated carbocycles. The van der Waals surface area contributed by atoms with E-state index in [2.05, 4.69) is 42.3 Å². The Labute approximate surface area is 285 Å². The highest BCUT2D eigenvalue weighted by Gasteiger charge is 2.13. The molecule has 4 aromatic heterocycles. The Balaban J connectivity index is 0.000000171. The van der Waals surface area contributed by atoms with Gasteiger partial charge in [0.1, 0.15) is 22.7 Å².